The zero-order valence-corrected chi connectivity index (χ0v) is 12.4. The highest BCUT2D eigenvalue weighted by Gasteiger charge is 2.07. The molecule has 0 fully saturated rings. The van der Waals surface area contributed by atoms with Crippen LogP contribution < -0.4 is 5.32 Å². The first-order chi connectivity index (χ1) is 10.1. The number of benzene rings is 1. The van der Waals surface area contributed by atoms with E-state index in [1.807, 2.05) is 12.3 Å². The third-order valence-corrected chi connectivity index (χ3v) is 3.98. The molecule has 5 nitrogen and oxygen atoms in total. The van der Waals surface area contributed by atoms with Crippen molar-refractivity contribution < 1.29 is 14.7 Å². The van der Waals surface area contributed by atoms with Crippen molar-refractivity contribution >= 4 is 23.2 Å². The van der Waals surface area contributed by atoms with Crippen LogP contribution in [0.5, 0.6) is 0 Å². The molecule has 1 aromatic heterocycles. The quantitative estimate of drug-likeness (QED) is 0.858. The second-order valence-electron chi connectivity index (χ2n) is 4.54. The van der Waals surface area contributed by atoms with Gasteiger partial charge < -0.3 is 10.4 Å². The summed E-state index contributed by atoms with van der Waals surface area (Å²) < 4.78 is 0. The molecular weight excluding hydrogens is 288 g/mol. The van der Waals surface area contributed by atoms with Crippen molar-refractivity contribution in [3.8, 4) is 0 Å². The average Bonchev–Trinajstić information content (AvgIpc) is 2.94. The lowest BCUT2D eigenvalue weighted by Gasteiger charge is -2.04. The fourth-order valence-corrected chi connectivity index (χ4v) is 2.54. The molecule has 0 atom stereocenters. The van der Waals surface area contributed by atoms with Gasteiger partial charge in [-0.1, -0.05) is 19.1 Å². The molecule has 0 unspecified atom stereocenters. The van der Waals surface area contributed by atoms with Crippen LogP contribution in [0.2, 0.25) is 0 Å². The largest absolute Gasteiger partial charge is 0.478 e. The third kappa shape index (κ3) is 4.39. The van der Waals surface area contributed by atoms with Crippen LogP contribution in [0.15, 0.2) is 29.6 Å². The van der Waals surface area contributed by atoms with E-state index >= 15 is 0 Å². The van der Waals surface area contributed by atoms with Gasteiger partial charge in [0.2, 0.25) is 5.91 Å². The minimum Gasteiger partial charge on any atom is -0.478 e. The Kier molecular flexibility index (Phi) is 5.05. The van der Waals surface area contributed by atoms with Crippen molar-refractivity contribution in [3.63, 3.8) is 0 Å². The number of aryl methyl sites for hydroxylation is 1. The van der Waals surface area contributed by atoms with Crippen molar-refractivity contribution in [2.75, 3.05) is 0 Å². The molecule has 2 aromatic rings. The van der Waals surface area contributed by atoms with E-state index in [-0.39, 0.29) is 17.9 Å². The minimum absolute atomic E-state index is 0.107. The number of carbonyl (C=O) groups is 2. The van der Waals surface area contributed by atoms with Gasteiger partial charge in [-0.2, -0.15) is 0 Å². The van der Waals surface area contributed by atoms with E-state index in [9.17, 15) is 9.59 Å². The molecule has 0 aliphatic carbocycles. The number of aromatic nitrogens is 1. The Balaban J connectivity index is 1.85. The van der Waals surface area contributed by atoms with E-state index in [4.69, 9.17) is 5.11 Å². The summed E-state index contributed by atoms with van der Waals surface area (Å²) >= 11 is 1.59. The monoisotopic (exact) mass is 304 g/mol. The molecule has 6 heteroatoms. The Morgan fingerprint density at radius 2 is 2.00 bits per heavy atom. The molecule has 21 heavy (non-hydrogen) atoms. The first-order valence-electron chi connectivity index (χ1n) is 6.60. The van der Waals surface area contributed by atoms with Gasteiger partial charge in [0.15, 0.2) is 0 Å². The van der Waals surface area contributed by atoms with E-state index in [1.165, 1.54) is 12.1 Å². The molecule has 0 aliphatic rings. The number of thiazole rings is 1. The highest BCUT2D eigenvalue weighted by molar-refractivity contribution is 7.09. The predicted octanol–water partition coefficient (Wildman–Crippen LogP) is 2.26. The summed E-state index contributed by atoms with van der Waals surface area (Å²) in [7, 11) is 0. The molecule has 1 heterocycles. The van der Waals surface area contributed by atoms with Crippen molar-refractivity contribution in [3.05, 3.63) is 51.5 Å². The Morgan fingerprint density at radius 3 is 2.57 bits per heavy atom. The molecule has 0 spiro atoms. The van der Waals surface area contributed by atoms with E-state index < -0.39 is 5.97 Å². The predicted molar refractivity (Wildman–Crippen MR) is 80.4 cm³/mol. The summed E-state index contributed by atoms with van der Waals surface area (Å²) in [6, 6.07) is 6.31. The van der Waals surface area contributed by atoms with Gasteiger partial charge in [0.1, 0.15) is 0 Å². The first kappa shape index (κ1) is 15.2. The van der Waals surface area contributed by atoms with Crippen LogP contribution in [0.25, 0.3) is 0 Å². The summed E-state index contributed by atoms with van der Waals surface area (Å²) in [5.41, 5.74) is 1.87. The number of aromatic carboxylic acids is 1. The lowest BCUT2D eigenvalue weighted by molar-refractivity contribution is -0.120. The number of carboxylic acid groups (broad SMARTS) is 1. The summed E-state index contributed by atoms with van der Waals surface area (Å²) in [6.45, 7) is 2.46. The number of nitrogens with zero attached hydrogens (tertiary/aromatic N) is 1. The molecule has 0 saturated heterocycles. The summed E-state index contributed by atoms with van der Waals surface area (Å²) in [5, 5.41) is 14.6. The molecule has 1 aromatic carbocycles. The summed E-state index contributed by atoms with van der Waals surface area (Å²) in [4.78, 5) is 26.9. The smallest absolute Gasteiger partial charge is 0.335 e. The minimum atomic E-state index is -0.971. The van der Waals surface area contributed by atoms with Crippen LogP contribution in [0.3, 0.4) is 0 Å². The maximum atomic E-state index is 11.8. The zero-order chi connectivity index (χ0) is 15.2. The van der Waals surface area contributed by atoms with E-state index in [2.05, 4.69) is 10.3 Å². The SMILES string of the molecule is CCc1nc(CNC(=O)Cc2ccc(C(=O)O)cc2)cs1. The maximum absolute atomic E-state index is 11.8. The Morgan fingerprint density at radius 1 is 1.29 bits per heavy atom. The molecule has 0 aliphatic heterocycles. The zero-order valence-electron chi connectivity index (χ0n) is 11.6. The van der Waals surface area contributed by atoms with Crippen LogP contribution >= 0.6 is 11.3 Å². The van der Waals surface area contributed by atoms with Gasteiger partial charge >= 0.3 is 5.97 Å². The van der Waals surface area contributed by atoms with E-state index in [1.54, 1.807) is 23.5 Å². The van der Waals surface area contributed by atoms with Crippen LogP contribution in [0.1, 0.15) is 33.5 Å². The molecular formula is C15H16N2O3S. The Hall–Kier alpha value is -2.21. The Labute approximate surface area is 126 Å². The van der Waals surface area contributed by atoms with E-state index in [0.717, 1.165) is 22.7 Å². The molecule has 2 rings (SSSR count). The molecule has 0 bridgehead atoms. The third-order valence-electron chi connectivity index (χ3n) is 2.93. The number of hydrogen-bond acceptors (Lipinski definition) is 4. The normalized spacial score (nSPS) is 10.3. The Bertz CT molecular complexity index is 635. The second kappa shape index (κ2) is 6.99. The number of hydrogen-bond donors (Lipinski definition) is 2. The number of carboxylic acids is 1. The fourth-order valence-electron chi connectivity index (χ4n) is 1.79. The van der Waals surface area contributed by atoms with Gasteiger partial charge in [-0.05, 0) is 24.1 Å². The number of rotatable bonds is 6. The molecule has 1 amide bonds. The first-order valence-corrected chi connectivity index (χ1v) is 7.48. The van der Waals surface area contributed by atoms with Crippen molar-refractivity contribution in [2.24, 2.45) is 0 Å². The van der Waals surface area contributed by atoms with Crippen LogP contribution in [-0.4, -0.2) is 22.0 Å². The second-order valence-corrected chi connectivity index (χ2v) is 5.48. The summed E-state index contributed by atoms with van der Waals surface area (Å²) in [6.07, 6.45) is 1.12. The molecule has 0 saturated carbocycles. The summed E-state index contributed by atoms with van der Waals surface area (Å²) in [5.74, 6) is -1.08. The molecule has 110 valence electrons. The van der Waals surface area contributed by atoms with E-state index in [0.29, 0.717) is 6.54 Å². The van der Waals surface area contributed by atoms with Crippen molar-refractivity contribution in [1.82, 2.24) is 10.3 Å². The number of carbonyl (C=O) groups excluding carboxylic acids is 1. The van der Waals surface area contributed by atoms with Gasteiger partial charge in [0.05, 0.1) is 29.2 Å². The standard InChI is InChI=1S/C15H16N2O3S/c1-2-14-17-12(9-21-14)8-16-13(18)7-10-3-5-11(6-4-10)15(19)20/h3-6,9H,2,7-8H2,1H3,(H,16,18)(H,19,20). The highest BCUT2D eigenvalue weighted by atomic mass is 32.1. The molecule has 2 N–H and O–H groups in total. The highest BCUT2D eigenvalue weighted by Crippen LogP contribution is 2.10. The van der Waals surface area contributed by atoms with Crippen molar-refractivity contribution in [1.29, 1.82) is 0 Å². The van der Waals surface area contributed by atoms with Gasteiger partial charge in [-0.25, -0.2) is 9.78 Å². The van der Waals surface area contributed by atoms with Gasteiger partial charge in [0.25, 0.3) is 0 Å². The number of amides is 1. The fraction of sp³-hybridized carbons (Fsp3) is 0.267. The lowest BCUT2D eigenvalue weighted by Crippen LogP contribution is -2.24. The van der Waals surface area contributed by atoms with Crippen molar-refractivity contribution in [2.45, 2.75) is 26.3 Å². The van der Waals surface area contributed by atoms with Crippen LogP contribution in [0.4, 0.5) is 0 Å². The van der Waals surface area contributed by atoms with Gasteiger partial charge in [-0.15, -0.1) is 11.3 Å². The average molecular weight is 304 g/mol. The number of nitrogens with one attached hydrogen (secondary N) is 1. The van der Waals surface area contributed by atoms with Gasteiger partial charge in [-0.3, -0.25) is 4.79 Å². The lowest BCUT2D eigenvalue weighted by atomic mass is 10.1. The maximum Gasteiger partial charge on any atom is 0.335 e. The van der Waals surface area contributed by atoms with Crippen LogP contribution in [-0.2, 0) is 24.2 Å². The topological polar surface area (TPSA) is 79.3 Å². The van der Waals surface area contributed by atoms with Gasteiger partial charge in [0, 0.05) is 5.38 Å². The van der Waals surface area contributed by atoms with Crippen LogP contribution in [0, 0.1) is 0 Å². The molecule has 0 radical (unpaired) electrons.